The Hall–Kier alpha value is -2.17. The highest BCUT2D eigenvalue weighted by Gasteiger charge is 2.45. The first-order chi connectivity index (χ1) is 15.1. The highest BCUT2D eigenvalue weighted by atomic mass is 32.1. The summed E-state index contributed by atoms with van der Waals surface area (Å²) in [7, 11) is -4.77. The van der Waals surface area contributed by atoms with Crippen molar-refractivity contribution in [3.8, 4) is 0 Å². The molecule has 4 atom stereocenters. The van der Waals surface area contributed by atoms with Crippen LogP contribution in [0.15, 0.2) is 11.3 Å². The molecule has 1 fully saturated rings. The van der Waals surface area contributed by atoms with E-state index in [1.165, 1.54) is 10.9 Å². The van der Waals surface area contributed by atoms with Crippen molar-refractivity contribution in [2.24, 2.45) is 16.5 Å². The summed E-state index contributed by atoms with van der Waals surface area (Å²) in [6.45, 7) is 0.447. The Kier molecular flexibility index (Phi) is 7.79. The predicted octanol–water partition coefficient (Wildman–Crippen LogP) is -1.32. The molecule has 2 aromatic rings. The maximum absolute atomic E-state index is 10.9. The SMILES string of the molecule is NC(N)=NCCCCNc1nc(=S)c2ncn([C@@H]3O[C@H](COP(=O)(O)O)[C@H](O)C3O)c2[nH]1. The Labute approximate surface area is 186 Å². The van der Waals surface area contributed by atoms with Crippen LogP contribution in [0.4, 0.5) is 5.95 Å². The van der Waals surface area contributed by atoms with E-state index in [0.29, 0.717) is 30.2 Å². The third-order valence-electron chi connectivity index (χ3n) is 4.64. The van der Waals surface area contributed by atoms with Crippen LogP contribution in [0.25, 0.3) is 11.2 Å². The molecule has 0 saturated carbocycles. The minimum Gasteiger partial charge on any atom is -0.387 e. The van der Waals surface area contributed by atoms with E-state index in [-0.39, 0.29) is 10.6 Å². The Bertz CT molecular complexity index is 1070. The minimum atomic E-state index is -4.77. The van der Waals surface area contributed by atoms with Crippen LogP contribution < -0.4 is 16.8 Å². The number of nitrogens with zero attached hydrogens (tertiary/aromatic N) is 4. The number of H-pyrrole nitrogens is 1. The van der Waals surface area contributed by atoms with E-state index in [2.05, 4.69) is 29.8 Å². The number of nitrogens with two attached hydrogens (primary N) is 2. The van der Waals surface area contributed by atoms with Gasteiger partial charge in [-0.05, 0) is 12.8 Å². The first kappa shape index (κ1) is 24.5. The second kappa shape index (κ2) is 10.2. The summed E-state index contributed by atoms with van der Waals surface area (Å²) >= 11 is 5.28. The Morgan fingerprint density at radius 2 is 2.12 bits per heavy atom. The van der Waals surface area contributed by atoms with E-state index >= 15 is 0 Å². The second-order valence-corrected chi connectivity index (χ2v) is 8.64. The quantitative estimate of drug-likeness (QED) is 0.0632. The summed E-state index contributed by atoms with van der Waals surface area (Å²) in [5.74, 6) is 0.403. The van der Waals surface area contributed by atoms with Crippen molar-refractivity contribution >= 4 is 43.1 Å². The van der Waals surface area contributed by atoms with Crippen molar-refractivity contribution in [2.75, 3.05) is 25.0 Å². The summed E-state index contributed by atoms with van der Waals surface area (Å²) < 4.78 is 22.5. The molecular formula is C15H25N8O7PS. The number of aliphatic hydroxyl groups is 2. The normalized spacial score (nSPS) is 23.5. The third-order valence-corrected chi connectivity index (χ3v) is 5.41. The van der Waals surface area contributed by atoms with Gasteiger partial charge in [0.05, 0.1) is 12.9 Å². The fourth-order valence-corrected chi connectivity index (χ4v) is 3.71. The molecule has 32 heavy (non-hydrogen) atoms. The van der Waals surface area contributed by atoms with Crippen LogP contribution in [-0.4, -0.2) is 83.5 Å². The number of ether oxygens (including phenoxy) is 1. The van der Waals surface area contributed by atoms with Crippen LogP contribution in [0.1, 0.15) is 19.1 Å². The third kappa shape index (κ3) is 5.99. The number of hydrogen-bond acceptors (Lipinski definition) is 10. The number of aliphatic hydroxyl groups excluding tert-OH is 2. The lowest BCUT2D eigenvalue weighted by Crippen LogP contribution is -2.33. The molecule has 17 heteroatoms. The molecule has 1 saturated heterocycles. The molecule has 178 valence electrons. The summed E-state index contributed by atoms with van der Waals surface area (Å²) in [5.41, 5.74) is 11.3. The standard InChI is InChI=1S/C15H25N8O7PS/c16-14(17)18-3-1-2-4-19-15-21-11-8(12(32)22-15)20-6-23(11)13-10(25)9(24)7(30-13)5-29-31(26,27)28/h6-7,9-10,13,24-25H,1-5H2,(H4,16,17,18)(H2,26,27,28)(H2,19,21,22,32)/t7-,9+,10?,13-/m1/s1. The van der Waals surface area contributed by atoms with Gasteiger partial charge in [0.25, 0.3) is 0 Å². The summed E-state index contributed by atoms with van der Waals surface area (Å²) in [5, 5.41) is 23.7. The number of aromatic amines is 1. The van der Waals surface area contributed by atoms with E-state index in [4.69, 9.17) is 38.2 Å². The van der Waals surface area contributed by atoms with Gasteiger partial charge >= 0.3 is 7.82 Å². The average molecular weight is 492 g/mol. The Morgan fingerprint density at radius 3 is 2.81 bits per heavy atom. The zero-order chi connectivity index (χ0) is 23.5. The molecule has 15 nitrogen and oxygen atoms in total. The average Bonchev–Trinajstić information content (AvgIpc) is 3.24. The van der Waals surface area contributed by atoms with Crippen molar-refractivity contribution in [1.82, 2.24) is 19.5 Å². The molecule has 0 spiro atoms. The predicted molar refractivity (Wildman–Crippen MR) is 115 cm³/mol. The fraction of sp³-hybridized carbons (Fsp3) is 0.600. The van der Waals surface area contributed by atoms with Gasteiger partial charge in [0.15, 0.2) is 16.8 Å². The molecule has 3 heterocycles. The second-order valence-electron chi connectivity index (χ2n) is 7.01. The number of guanidine groups is 1. The van der Waals surface area contributed by atoms with Gasteiger partial charge in [0, 0.05) is 13.1 Å². The van der Waals surface area contributed by atoms with E-state index in [0.717, 1.165) is 12.8 Å². The number of phosphoric acid groups is 1. The molecule has 0 bridgehead atoms. The van der Waals surface area contributed by atoms with Crippen LogP contribution in [0.3, 0.4) is 0 Å². The van der Waals surface area contributed by atoms with Crippen LogP contribution in [-0.2, 0) is 13.8 Å². The Morgan fingerprint density at radius 1 is 1.38 bits per heavy atom. The summed E-state index contributed by atoms with van der Waals surface area (Å²) in [4.78, 5) is 33.0. The number of hydrogen-bond donors (Lipinski definition) is 8. The number of fused-ring (bicyclic) bond motifs is 1. The maximum Gasteiger partial charge on any atom is 0.469 e. The van der Waals surface area contributed by atoms with Gasteiger partial charge in [0.1, 0.15) is 29.5 Å². The number of unbranched alkanes of at least 4 members (excludes halogenated alkanes) is 1. The molecular weight excluding hydrogens is 467 g/mol. The zero-order valence-electron chi connectivity index (χ0n) is 16.7. The van der Waals surface area contributed by atoms with Crippen molar-refractivity contribution in [3.63, 3.8) is 0 Å². The van der Waals surface area contributed by atoms with E-state index in [1.54, 1.807) is 0 Å². The van der Waals surface area contributed by atoms with Gasteiger partial charge < -0.3 is 46.5 Å². The summed E-state index contributed by atoms with van der Waals surface area (Å²) in [6, 6.07) is 0. The smallest absolute Gasteiger partial charge is 0.387 e. The van der Waals surface area contributed by atoms with Crippen LogP contribution in [0, 0.1) is 4.64 Å². The van der Waals surface area contributed by atoms with Gasteiger partial charge in [-0.1, -0.05) is 12.2 Å². The highest BCUT2D eigenvalue weighted by Crippen LogP contribution is 2.38. The molecule has 1 aliphatic rings. The monoisotopic (exact) mass is 492 g/mol. The molecule has 0 aromatic carbocycles. The number of imidazole rings is 1. The van der Waals surface area contributed by atoms with Gasteiger partial charge in [-0.3, -0.25) is 14.1 Å². The number of aromatic nitrogens is 4. The van der Waals surface area contributed by atoms with E-state index in [1.807, 2.05) is 0 Å². The van der Waals surface area contributed by atoms with E-state index in [9.17, 15) is 14.8 Å². The number of nitrogens with one attached hydrogen (secondary N) is 2. The Balaban J connectivity index is 1.72. The van der Waals surface area contributed by atoms with Gasteiger partial charge in [-0.25, -0.2) is 14.5 Å². The lowest BCUT2D eigenvalue weighted by Gasteiger charge is -2.17. The van der Waals surface area contributed by atoms with Crippen molar-refractivity contribution < 1.29 is 33.8 Å². The van der Waals surface area contributed by atoms with Crippen molar-refractivity contribution in [2.45, 2.75) is 37.4 Å². The first-order valence-corrected chi connectivity index (χ1v) is 11.5. The molecule has 0 aliphatic carbocycles. The number of anilines is 1. The first-order valence-electron chi connectivity index (χ1n) is 9.54. The molecule has 2 aromatic heterocycles. The minimum absolute atomic E-state index is 0.0411. The molecule has 0 radical (unpaired) electrons. The highest BCUT2D eigenvalue weighted by molar-refractivity contribution is 7.71. The summed E-state index contributed by atoms with van der Waals surface area (Å²) in [6.07, 6.45) is -2.28. The van der Waals surface area contributed by atoms with Crippen LogP contribution in [0.5, 0.6) is 0 Å². The molecule has 10 N–H and O–H groups in total. The lowest BCUT2D eigenvalue weighted by atomic mass is 10.1. The largest absolute Gasteiger partial charge is 0.469 e. The number of rotatable bonds is 10. The lowest BCUT2D eigenvalue weighted by molar-refractivity contribution is -0.0503. The number of phosphoric ester groups is 1. The molecule has 3 rings (SSSR count). The van der Waals surface area contributed by atoms with Crippen molar-refractivity contribution in [3.05, 3.63) is 11.0 Å². The fourth-order valence-electron chi connectivity index (χ4n) is 3.13. The van der Waals surface area contributed by atoms with Gasteiger partial charge in [0.2, 0.25) is 5.95 Å². The van der Waals surface area contributed by atoms with Crippen LogP contribution >= 0.6 is 20.0 Å². The van der Waals surface area contributed by atoms with Gasteiger partial charge in [-0.2, -0.15) is 0 Å². The van der Waals surface area contributed by atoms with E-state index < -0.39 is 39.0 Å². The molecule has 0 amide bonds. The van der Waals surface area contributed by atoms with Crippen LogP contribution in [0.2, 0.25) is 0 Å². The number of aliphatic imine (C=N–C) groups is 1. The molecule has 1 aliphatic heterocycles. The topological polar surface area (TPSA) is 239 Å². The van der Waals surface area contributed by atoms with Crippen molar-refractivity contribution in [1.29, 1.82) is 0 Å². The maximum atomic E-state index is 10.9. The van der Waals surface area contributed by atoms with Gasteiger partial charge in [-0.15, -0.1) is 0 Å². The zero-order valence-corrected chi connectivity index (χ0v) is 18.4. The molecule has 1 unspecified atom stereocenters.